The van der Waals surface area contributed by atoms with Gasteiger partial charge in [-0.25, -0.2) is 9.59 Å². The quantitative estimate of drug-likeness (QED) is 0.502. The number of rotatable bonds is 9. The molecule has 0 bridgehead atoms. The Morgan fingerprint density at radius 3 is 2.33 bits per heavy atom. The smallest absolute Gasteiger partial charge is 0.411 e. The van der Waals surface area contributed by atoms with Crippen molar-refractivity contribution in [3.8, 4) is 0 Å². The molecule has 0 aliphatic carbocycles. The highest BCUT2D eigenvalue weighted by molar-refractivity contribution is 5.83. The molecule has 3 rings (SSSR count). The van der Waals surface area contributed by atoms with Crippen LogP contribution in [0.5, 0.6) is 0 Å². The molecule has 0 fully saturated rings. The summed E-state index contributed by atoms with van der Waals surface area (Å²) in [4.78, 5) is 26.3. The topological polar surface area (TPSA) is 66.8 Å². The van der Waals surface area contributed by atoms with Gasteiger partial charge in [0, 0.05) is 6.54 Å². The normalized spacial score (nSPS) is 11.8. The van der Waals surface area contributed by atoms with Crippen molar-refractivity contribution in [1.29, 1.82) is 0 Å². The van der Waals surface area contributed by atoms with Gasteiger partial charge in [-0.3, -0.25) is 4.90 Å². The first-order chi connectivity index (χ1) is 14.6. The zero-order valence-electron chi connectivity index (χ0n) is 17.2. The number of hydrogen-bond acceptors (Lipinski definition) is 3. The number of benzene rings is 3. The summed E-state index contributed by atoms with van der Waals surface area (Å²) in [5.41, 5.74) is 1.73. The molecule has 30 heavy (non-hydrogen) atoms. The van der Waals surface area contributed by atoms with Crippen molar-refractivity contribution in [1.82, 2.24) is 4.90 Å². The van der Waals surface area contributed by atoms with Crippen LogP contribution in [-0.2, 0) is 22.7 Å². The summed E-state index contributed by atoms with van der Waals surface area (Å²) in [5.74, 6) is -1.01. The first-order valence-corrected chi connectivity index (χ1v) is 10.3. The summed E-state index contributed by atoms with van der Waals surface area (Å²) in [6.07, 6.45) is 1.35. The Morgan fingerprint density at radius 1 is 0.933 bits per heavy atom. The fourth-order valence-corrected chi connectivity index (χ4v) is 3.45. The SMILES string of the molecule is CCCCC(C(=O)O)N(Cc1ccc2ccccc2c1)C(=O)OCc1ccccc1. The number of nitrogens with zero attached hydrogens (tertiary/aromatic N) is 1. The minimum atomic E-state index is -1.01. The lowest BCUT2D eigenvalue weighted by molar-refractivity contribution is -0.143. The maximum atomic E-state index is 12.9. The van der Waals surface area contributed by atoms with Crippen LogP contribution in [0.25, 0.3) is 10.8 Å². The molecule has 0 aromatic heterocycles. The lowest BCUT2D eigenvalue weighted by Gasteiger charge is -2.28. The zero-order valence-corrected chi connectivity index (χ0v) is 17.2. The lowest BCUT2D eigenvalue weighted by Crippen LogP contribution is -2.44. The number of amides is 1. The largest absolute Gasteiger partial charge is 0.480 e. The molecule has 0 aliphatic heterocycles. The Hall–Kier alpha value is -3.34. The second kappa shape index (κ2) is 10.4. The van der Waals surface area contributed by atoms with Crippen molar-refractivity contribution in [3.63, 3.8) is 0 Å². The van der Waals surface area contributed by atoms with E-state index in [0.29, 0.717) is 6.42 Å². The van der Waals surface area contributed by atoms with Gasteiger partial charge in [0.1, 0.15) is 12.6 Å². The van der Waals surface area contributed by atoms with Crippen LogP contribution in [0, 0.1) is 0 Å². The Balaban J connectivity index is 1.82. The second-order valence-electron chi connectivity index (χ2n) is 7.35. The summed E-state index contributed by atoms with van der Waals surface area (Å²) in [6, 6.07) is 22.3. The number of hydrogen-bond donors (Lipinski definition) is 1. The predicted molar refractivity (Wildman–Crippen MR) is 117 cm³/mol. The first-order valence-electron chi connectivity index (χ1n) is 10.3. The van der Waals surface area contributed by atoms with Gasteiger partial charge in [-0.2, -0.15) is 0 Å². The molecule has 5 heteroatoms. The average Bonchev–Trinajstić information content (AvgIpc) is 2.77. The Labute approximate surface area is 176 Å². The van der Waals surface area contributed by atoms with Gasteiger partial charge in [0.05, 0.1) is 0 Å². The van der Waals surface area contributed by atoms with Gasteiger partial charge in [0.25, 0.3) is 0 Å². The van der Waals surface area contributed by atoms with E-state index < -0.39 is 18.1 Å². The summed E-state index contributed by atoms with van der Waals surface area (Å²) >= 11 is 0. The van der Waals surface area contributed by atoms with Crippen LogP contribution in [-0.4, -0.2) is 28.1 Å². The van der Waals surface area contributed by atoms with Crippen molar-refractivity contribution in [2.24, 2.45) is 0 Å². The summed E-state index contributed by atoms with van der Waals surface area (Å²) in [5, 5.41) is 12.0. The molecule has 0 saturated carbocycles. The number of carbonyl (C=O) groups excluding carboxylic acids is 1. The van der Waals surface area contributed by atoms with Gasteiger partial charge in [0.15, 0.2) is 0 Å². The molecule has 5 nitrogen and oxygen atoms in total. The molecule has 3 aromatic rings. The number of unbranched alkanes of at least 4 members (excludes halogenated alkanes) is 1. The highest BCUT2D eigenvalue weighted by Crippen LogP contribution is 2.20. The molecular formula is C25H27NO4. The minimum absolute atomic E-state index is 0.105. The van der Waals surface area contributed by atoms with Crippen LogP contribution in [0.4, 0.5) is 4.79 Å². The third kappa shape index (κ3) is 5.60. The Bertz CT molecular complexity index is 987. The van der Waals surface area contributed by atoms with Gasteiger partial charge in [-0.1, -0.05) is 86.5 Å². The van der Waals surface area contributed by atoms with Gasteiger partial charge in [-0.15, -0.1) is 0 Å². The van der Waals surface area contributed by atoms with Crippen LogP contribution >= 0.6 is 0 Å². The summed E-state index contributed by atoms with van der Waals surface area (Å²) in [7, 11) is 0. The lowest BCUT2D eigenvalue weighted by atomic mass is 10.0. The fraction of sp³-hybridized carbons (Fsp3) is 0.280. The van der Waals surface area contributed by atoms with Gasteiger partial charge < -0.3 is 9.84 Å². The van der Waals surface area contributed by atoms with Crippen molar-refractivity contribution in [2.75, 3.05) is 0 Å². The van der Waals surface area contributed by atoms with Crippen molar-refractivity contribution < 1.29 is 19.4 Å². The van der Waals surface area contributed by atoms with E-state index in [1.807, 2.05) is 79.7 Å². The summed E-state index contributed by atoms with van der Waals surface area (Å²) in [6.45, 7) is 2.29. The highest BCUT2D eigenvalue weighted by Gasteiger charge is 2.30. The number of fused-ring (bicyclic) bond motifs is 1. The van der Waals surface area contributed by atoms with Crippen LogP contribution in [0.15, 0.2) is 72.8 Å². The van der Waals surface area contributed by atoms with E-state index in [1.165, 1.54) is 4.90 Å². The molecule has 0 aliphatic rings. The number of ether oxygens (including phenoxy) is 1. The molecule has 0 heterocycles. The average molecular weight is 405 g/mol. The molecule has 156 valence electrons. The molecule has 1 unspecified atom stereocenters. The molecule has 0 spiro atoms. The maximum absolute atomic E-state index is 12.9. The molecular weight excluding hydrogens is 378 g/mol. The van der Waals surface area contributed by atoms with E-state index in [1.54, 1.807) is 0 Å². The van der Waals surface area contributed by atoms with E-state index >= 15 is 0 Å². The van der Waals surface area contributed by atoms with E-state index in [0.717, 1.165) is 34.7 Å². The van der Waals surface area contributed by atoms with Crippen LogP contribution < -0.4 is 0 Å². The van der Waals surface area contributed by atoms with E-state index in [4.69, 9.17) is 4.74 Å². The van der Waals surface area contributed by atoms with E-state index in [-0.39, 0.29) is 13.2 Å². The van der Waals surface area contributed by atoms with Crippen LogP contribution in [0.2, 0.25) is 0 Å². The molecule has 0 radical (unpaired) electrons. The van der Waals surface area contributed by atoms with Crippen LogP contribution in [0.1, 0.15) is 37.3 Å². The third-order valence-electron chi connectivity index (χ3n) is 5.10. The Kier molecular flexibility index (Phi) is 7.44. The van der Waals surface area contributed by atoms with Gasteiger partial charge >= 0.3 is 12.1 Å². The number of carboxylic acids is 1. The molecule has 0 saturated heterocycles. The zero-order chi connectivity index (χ0) is 21.3. The van der Waals surface area contributed by atoms with Gasteiger partial charge in [-0.05, 0) is 34.4 Å². The molecule has 1 atom stereocenters. The molecule has 3 aromatic carbocycles. The number of carbonyl (C=O) groups is 2. The number of carboxylic acid groups (broad SMARTS) is 1. The first kappa shape index (κ1) is 21.4. The van der Waals surface area contributed by atoms with Gasteiger partial charge in [0.2, 0.25) is 0 Å². The molecule has 1 N–H and O–H groups in total. The van der Waals surface area contributed by atoms with E-state index in [9.17, 15) is 14.7 Å². The van der Waals surface area contributed by atoms with E-state index in [2.05, 4.69) is 0 Å². The number of aliphatic carboxylic acids is 1. The highest BCUT2D eigenvalue weighted by atomic mass is 16.6. The fourth-order valence-electron chi connectivity index (χ4n) is 3.45. The third-order valence-corrected chi connectivity index (χ3v) is 5.10. The standard InChI is InChI=1S/C25H27NO4/c1-2-3-13-23(24(27)28)26(25(29)30-18-19-9-5-4-6-10-19)17-20-14-15-21-11-7-8-12-22(21)16-20/h4-12,14-16,23H,2-3,13,17-18H2,1H3,(H,27,28). The monoisotopic (exact) mass is 405 g/mol. The maximum Gasteiger partial charge on any atom is 0.411 e. The van der Waals surface area contributed by atoms with Crippen molar-refractivity contribution in [3.05, 3.63) is 83.9 Å². The second-order valence-corrected chi connectivity index (χ2v) is 7.35. The minimum Gasteiger partial charge on any atom is -0.480 e. The Morgan fingerprint density at radius 2 is 1.63 bits per heavy atom. The van der Waals surface area contributed by atoms with Crippen molar-refractivity contribution >= 4 is 22.8 Å². The van der Waals surface area contributed by atoms with Crippen molar-refractivity contribution in [2.45, 2.75) is 45.4 Å². The predicted octanol–water partition coefficient (Wildman–Crippen LogP) is 5.62. The van der Waals surface area contributed by atoms with Crippen LogP contribution in [0.3, 0.4) is 0 Å². The molecule has 1 amide bonds. The summed E-state index contributed by atoms with van der Waals surface area (Å²) < 4.78 is 5.48.